The molecule has 0 nitrogen and oxygen atoms in total. The summed E-state index contributed by atoms with van der Waals surface area (Å²) in [7, 11) is 0. The van der Waals surface area contributed by atoms with E-state index >= 15 is 0 Å². The largest absolute Gasteiger partial charge is 0.152 e. The Kier molecular flexibility index (Phi) is 7.50. The second-order valence-corrected chi connectivity index (χ2v) is 6.59. The maximum absolute atomic E-state index is 2.25. The van der Waals surface area contributed by atoms with Crippen LogP contribution in [0.15, 0.2) is 47.2 Å². The Morgan fingerprint density at radius 2 is 1.37 bits per heavy atom. The zero-order valence-corrected chi connectivity index (χ0v) is 13.4. The third-order valence-corrected chi connectivity index (χ3v) is 3.44. The normalized spacial score (nSPS) is 10.4. The van der Waals surface area contributed by atoms with Gasteiger partial charge in [0.2, 0.25) is 0 Å². The lowest BCUT2D eigenvalue weighted by Gasteiger charge is -2.02. The maximum Gasteiger partial charge on any atom is -0.00612 e. The standard InChI is InChI=1S/C10H14.C8H12S/c1-9(2)8-10-6-4-3-5-7-10;1-7(2)5-8-3-4-9-6-8/h3-7,9H,8H2,1-2H3;3-4,6-7H,5H2,1-2H3. The molecule has 0 aliphatic heterocycles. The van der Waals surface area contributed by atoms with Crippen LogP contribution in [0.2, 0.25) is 0 Å². The van der Waals surface area contributed by atoms with Crippen LogP contribution in [0.25, 0.3) is 0 Å². The van der Waals surface area contributed by atoms with E-state index in [1.807, 2.05) is 0 Å². The van der Waals surface area contributed by atoms with Crippen molar-refractivity contribution in [2.45, 2.75) is 40.5 Å². The first-order chi connectivity index (χ1) is 9.08. The highest BCUT2D eigenvalue weighted by molar-refractivity contribution is 7.07. The van der Waals surface area contributed by atoms with Crippen molar-refractivity contribution in [1.82, 2.24) is 0 Å². The lowest BCUT2D eigenvalue weighted by atomic mass is 10.0. The average Bonchev–Trinajstić information content (AvgIpc) is 2.82. The van der Waals surface area contributed by atoms with Crippen LogP contribution in [-0.2, 0) is 12.8 Å². The molecule has 0 bridgehead atoms. The summed E-state index contributed by atoms with van der Waals surface area (Å²) >= 11 is 1.78. The molecule has 0 aliphatic carbocycles. The van der Waals surface area contributed by atoms with Crippen molar-refractivity contribution in [3.63, 3.8) is 0 Å². The molecule has 2 rings (SSSR count). The van der Waals surface area contributed by atoms with Gasteiger partial charge in [0, 0.05) is 0 Å². The van der Waals surface area contributed by atoms with Crippen LogP contribution in [0.5, 0.6) is 0 Å². The van der Waals surface area contributed by atoms with E-state index in [-0.39, 0.29) is 0 Å². The quantitative estimate of drug-likeness (QED) is 0.658. The van der Waals surface area contributed by atoms with E-state index in [0.717, 1.165) is 11.8 Å². The topological polar surface area (TPSA) is 0 Å². The zero-order valence-electron chi connectivity index (χ0n) is 12.6. The molecule has 2 aromatic rings. The first-order valence-electron chi connectivity index (χ1n) is 7.13. The number of rotatable bonds is 4. The molecule has 0 N–H and O–H groups in total. The molecule has 1 aromatic carbocycles. The van der Waals surface area contributed by atoms with Crippen LogP contribution in [-0.4, -0.2) is 0 Å². The van der Waals surface area contributed by atoms with Crippen molar-refractivity contribution < 1.29 is 0 Å². The Morgan fingerprint density at radius 1 is 0.789 bits per heavy atom. The summed E-state index contributed by atoms with van der Waals surface area (Å²) in [6, 6.07) is 12.8. The zero-order chi connectivity index (χ0) is 14.1. The van der Waals surface area contributed by atoms with Gasteiger partial charge in [-0.25, -0.2) is 0 Å². The Labute approximate surface area is 122 Å². The molecular formula is C18H26S. The van der Waals surface area contributed by atoms with Crippen LogP contribution in [0.4, 0.5) is 0 Å². The SMILES string of the molecule is CC(C)Cc1ccccc1.CC(C)Cc1ccsc1. The molecule has 1 heterocycles. The predicted molar refractivity (Wildman–Crippen MR) is 87.8 cm³/mol. The van der Waals surface area contributed by atoms with E-state index in [4.69, 9.17) is 0 Å². The Hall–Kier alpha value is -1.08. The molecule has 0 fully saturated rings. The summed E-state index contributed by atoms with van der Waals surface area (Å²) in [5.74, 6) is 1.56. The third kappa shape index (κ3) is 7.84. The smallest absolute Gasteiger partial charge is 0.00612 e. The molecular weight excluding hydrogens is 248 g/mol. The van der Waals surface area contributed by atoms with Crippen LogP contribution in [0, 0.1) is 11.8 Å². The van der Waals surface area contributed by atoms with E-state index in [1.165, 1.54) is 24.0 Å². The first-order valence-corrected chi connectivity index (χ1v) is 8.07. The van der Waals surface area contributed by atoms with Gasteiger partial charge in [0.25, 0.3) is 0 Å². The fourth-order valence-electron chi connectivity index (χ4n) is 1.97. The Balaban J connectivity index is 0.000000191. The number of thiophene rings is 1. The van der Waals surface area contributed by atoms with Gasteiger partial charge in [-0.15, -0.1) is 0 Å². The molecule has 104 valence electrons. The first kappa shape index (κ1) is 16.0. The molecule has 0 radical (unpaired) electrons. The fraction of sp³-hybridized carbons (Fsp3) is 0.444. The second-order valence-electron chi connectivity index (χ2n) is 5.81. The molecule has 0 saturated heterocycles. The molecule has 19 heavy (non-hydrogen) atoms. The summed E-state index contributed by atoms with van der Waals surface area (Å²) < 4.78 is 0. The van der Waals surface area contributed by atoms with Gasteiger partial charge in [0.15, 0.2) is 0 Å². The van der Waals surface area contributed by atoms with Crippen LogP contribution < -0.4 is 0 Å². The fourth-order valence-corrected chi connectivity index (χ4v) is 2.65. The summed E-state index contributed by atoms with van der Waals surface area (Å²) in [6.07, 6.45) is 2.42. The van der Waals surface area contributed by atoms with Crippen LogP contribution in [0.3, 0.4) is 0 Å². The van der Waals surface area contributed by atoms with E-state index in [1.54, 1.807) is 11.3 Å². The van der Waals surface area contributed by atoms with Crippen LogP contribution >= 0.6 is 11.3 Å². The highest BCUT2D eigenvalue weighted by Gasteiger charge is 1.95. The van der Waals surface area contributed by atoms with Crippen molar-refractivity contribution >= 4 is 11.3 Å². The minimum absolute atomic E-state index is 0.766. The van der Waals surface area contributed by atoms with Gasteiger partial charge < -0.3 is 0 Å². The molecule has 0 atom stereocenters. The van der Waals surface area contributed by atoms with E-state index in [2.05, 4.69) is 74.9 Å². The number of hydrogen-bond acceptors (Lipinski definition) is 1. The monoisotopic (exact) mass is 274 g/mol. The molecule has 0 saturated carbocycles. The van der Waals surface area contributed by atoms with Gasteiger partial charge in [0.05, 0.1) is 0 Å². The number of benzene rings is 1. The van der Waals surface area contributed by atoms with Crippen molar-refractivity contribution in [3.05, 3.63) is 58.3 Å². The van der Waals surface area contributed by atoms with Gasteiger partial charge in [-0.3, -0.25) is 0 Å². The van der Waals surface area contributed by atoms with E-state index in [0.29, 0.717) is 0 Å². The van der Waals surface area contributed by atoms with Gasteiger partial charge in [-0.2, -0.15) is 11.3 Å². The predicted octanol–water partition coefficient (Wildman–Crippen LogP) is 5.83. The van der Waals surface area contributed by atoms with Crippen molar-refractivity contribution in [3.8, 4) is 0 Å². The highest BCUT2D eigenvalue weighted by Crippen LogP contribution is 2.10. The Bertz CT molecular complexity index is 412. The van der Waals surface area contributed by atoms with E-state index < -0.39 is 0 Å². The maximum atomic E-state index is 2.25. The Morgan fingerprint density at radius 3 is 1.84 bits per heavy atom. The summed E-state index contributed by atoms with van der Waals surface area (Å²) in [4.78, 5) is 0. The number of hydrogen-bond donors (Lipinski definition) is 0. The molecule has 0 aliphatic rings. The summed E-state index contributed by atoms with van der Waals surface area (Å²) in [5, 5.41) is 4.36. The molecule has 0 spiro atoms. The summed E-state index contributed by atoms with van der Waals surface area (Å²) in [5.41, 5.74) is 2.92. The minimum atomic E-state index is 0.766. The third-order valence-electron chi connectivity index (χ3n) is 2.71. The molecule has 1 aromatic heterocycles. The minimum Gasteiger partial charge on any atom is -0.152 e. The van der Waals surface area contributed by atoms with Crippen LogP contribution in [0.1, 0.15) is 38.8 Å². The summed E-state index contributed by atoms with van der Waals surface area (Å²) in [6.45, 7) is 8.98. The second kappa shape index (κ2) is 8.92. The van der Waals surface area contributed by atoms with Crippen molar-refractivity contribution in [2.24, 2.45) is 11.8 Å². The van der Waals surface area contributed by atoms with E-state index in [9.17, 15) is 0 Å². The molecule has 0 amide bonds. The average molecular weight is 274 g/mol. The van der Waals surface area contributed by atoms with Crippen molar-refractivity contribution in [1.29, 1.82) is 0 Å². The van der Waals surface area contributed by atoms with Gasteiger partial charge in [-0.1, -0.05) is 58.0 Å². The van der Waals surface area contributed by atoms with Gasteiger partial charge in [0.1, 0.15) is 0 Å². The van der Waals surface area contributed by atoms with Crippen molar-refractivity contribution in [2.75, 3.05) is 0 Å². The van der Waals surface area contributed by atoms with Gasteiger partial charge in [-0.05, 0) is 52.6 Å². The highest BCUT2D eigenvalue weighted by atomic mass is 32.1. The lowest BCUT2D eigenvalue weighted by molar-refractivity contribution is 0.647. The van der Waals surface area contributed by atoms with Gasteiger partial charge >= 0.3 is 0 Å². The molecule has 1 heteroatoms. The molecule has 0 unspecified atom stereocenters. The lowest BCUT2D eigenvalue weighted by Crippen LogP contribution is -1.92.